The van der Waals surface area contributed by atoms with Crippen LogP contribution in [0.1, 0.15) is 18.1 Å². The Labute approximate surface area is 108 Å². The number of nitrogens with one attached hydrogen (secondary N) is 1. The van der Waals surface area contributed by atoms with Gasteiger partial charge in [0, 0.05) is 11.6 Å². The van der Waals surface area contributed by atoms with Gasteiger partial charge in [0.15, 0.2) is 0 Å². The van der Waals surface area contributed by atoms with Crippen LogP contribution in [0.3, 0.4) is 0 Å². The second-order valence-electron chi connectivity index (χ2n) is 4.22. The molecule has 2 N–H and O–H groups in total. The Morgan fingerprint density at radius 1 is 1.47 bits per heavy atom. The van der Waals surface area contributed by atoms with E-state index in [0.717, 1.165) is 34.9 Å². The van der Waals surface area contributed by atoms with Gasteiger partial charge in [-0.2, -0.15) is 0 Å². The summed E-state index contributed by atoms with van der Waals surface area (Å²) >= 11 is 6.09. The average Bonchev–Trinajstić information content (AvgIpc) is 2.28. The molecule has 17 heavy (non-hydrogen) atoms. The molecule has 0 aliphatic carbocycles. The summed E-state index contributed by atoms with van der Waals surface area (Å²) in [5.41, 5.74) is 2.10. The molecule has 0 bridgehead atoms. The number of methoxy groups -OCH3 is 1. The van der Waals surface area contributed by atoms with Gasteiger partial charge >= 0.3 is 0 Å². The monoisotopic (exact) mass is 257 g/mol. The third-order valence-electron chi connectivity index (χ3n) is 2.57. The molecule has 0 fully saturated rings. The predicted octanol–water partition coefficient (Wildman–Crippen LogP) is 2.17. The van der Waals surface area contributed by atoms with Gasteiger partial charge in [0.1, 0.15) is 5.75 Å². The molecule has 1 unspecified atom stereocenters. The van der Waals surface area contributed by atoms with Crippen LogP contribution >= 0.6 is 11.6 Å². The molecule has 0 saturated heterocycles. The Kier molecular flexibility index (Phi) is 5.75. The van der Waals surface area contributed by atoms with Gasteiger partial charge in [-0.25, -0.2) is 0 Å². The van der Waals surface area contributed by atoms with Gasteiger partial charge in [-0.1, -0.05) is 11.6 Å². The lowest BCUT2D eigenvalue weighted by atomic mass is 10.1. The molecule has 1 aromatic carbocycles. The topological polar surface area (TPSA) is 41.5 Å². The summed E-state index contributed by atoms with van der Waals surface area (Å²) in [6.45, 7) is 5.11. The smallest absolute Gasteiger partial charge is 0.122 e. The number of aryl methyl sites for hydroxylation is 1. The summed E-state index contributed by atoms with van der Waals surface area (Å²) in [6.07, 6.45) is 0.508. The SMILES string of the molecule is COc1cc(C)c(Cl)cc1CCNCC(C)O. The molecule has 0 amide bonds. The molecule has 1 atom stereocenters. The van der Waals surface area contributed by atoms with Crippen molar-refractivity contribution >= 4 is 11.6 Å². The third kappa shape index (κ3) is 4.54. The zero-order chi connectivity index (χ0) is 12.8. The molecule has 3 nitrogen and oxygen atoms in total. The summed E-state index contributed by atoms with van der Waals surface area (Å²) in [6, 6.07) is 3.89. The van der Waals surface area contributed by atoms with Gasteiger partial charge in [0.25, 0.3) is 0 Å². The second kappa shape index (κ2) is 6.84. The number of hydrogen-bond acceptors (Lipinski definition) is 3. The van der Waals surface area contributed by atoms with E-state index in [-0.39, 0.29) is 6.10 Å². The first-order chi connectivity index (χ1) is 8.04. The fraction of sp³-hybridized carbons (Fsp3) is 0.538. The fourth-order valence-corrected chi connectivity index (χ4v) is 1.80. The Morgan fingerprint density at radius 2 is 2.18 bits per heavy atom. The molecule has 0 heterocycles. The maximum atomic E-state index is 9.12. The number of ether oxygens (including phenoxy) is 1. The Balaban J connectivity index is 2.60. The average molecular weight is 258 g/mol. The second-order valence-corrected chi connectivity index (χ2v) is 4.62. The van der Waals surface area contributed by atoms with Crippen LogP contribution in [-0.4, -0.2) is 31.4 Å². The van der Waals surface area contributed by atoms with Crippen molar-refractivity contribution < 1.29 is 9.84 Å². The van der Waals surface area contributed by atoms with Crippen molar-refractivity contribution in [1.82, 2.24) is 5.32 Å². The van der Waals surface area contributed by atoms with E-state index in [4.69, 9.17) is 21.4 Å². The van der Waals surface area contributed by atoms with Crippen LogP contribution in [0.25, 0.3) is 0 Å². The minimum Gasteiger partial charge on any atom is -0.496 e. The lowest BCUT2D eigenvalue weighted by Gasteiger charge is -2.12. The quantitative estimate of drug-likeness (QED) is 0.768. The van der Waals surface area contributed by atoms with Gasteiger partial charge in [-0.15, -0.1) is 0 Å². The predicted molar refractivity (Wildman–Crippen MR) is 71.0 cm³/mol. The standard InChI is InChI=1S/C13H20ClNO2/c1-9-6-13(17-3)11(7-12(9)14)4-5-15-8-10(2)16/h6-7,10,15-16H,4-5,8H2,1-3H3. The molecule has 0 spiro atoms. The molecule has 1 rings (SSSR count). The van der Waals surface area contributed by atoms with Gasteiger partial charge < -0.3 is 15.2 Å². The molecule has 0 aliphatic heterocycles. The number of aliphatic hydroxyl groups is 1. The summed E-state index contributed by atoms with van der Waals surface area (Å²) in [7, 11) is 1.66. The zero-order valence-electron chi connectivity index (χ0n) is 10.6. The Hall–Kier alpha value is -0.770. The maximum absolute atomic E-state index is 9.12. The van der Waals surface area contributed by atoms with Gasteiger partial charge in [0.05, 0.1) is 13.2 Å². The Bertz CT molecular complexity index is 367. The van der Waals surface area contributed by atoms with Crippen molar-refractivity contribution in [3.8, 4) is 5.75 Å². The van der Waals surface area contributed by atoms with E-state index < -0.39 is 0 Å². The van der Waals surface area contributed by atoms with E-state index >= 15 is 0 Å². The van der Waals surface area contributed by atoms with Gasteiger partial charge in [-0.05, 0) is 50.1 Å². The molecular weight excluding hydrogens is 238 g/mol. The highest BCUT2D eigenvalue weighted by Gasteiger charge is 2.06. The van der Waals surface area contributed by atoms with Gasteiger partial charge in [-0.3, -0.25) is 0 Å². The highest BCUT2D eigenvalue weighted by Crippen LogP contribution is 2.26. The van der Waals surface area contributed by atoms with Crippen molar-refractivity contribution in [2.24, 2.45) is 0 Å². The molecule has 0 aromatic heterocycles. The van der Waals surface area contributed by atoms with E-state index in [0.29, 0.717) is 6.54 Å². The highest BCUT2D eigenvalue weighted by atomic mass is 35.5. The minimum absolute atomic E-state index is 0.321. The van der Waals surface area contributed by atoms with Crippen molar-refractivity contribution in [2.45, 2.75) is 26.4 Å². The maximum Gasteiger partial charge on any atom is 0.122 e. The largest absolute Gasteiger partial charge is 0.496 e. The first-order valence-electron chi connectivity index (χ1n) is 5.76. The van der Waals surface area contributed by atoms with E-state index in [1.165, 1.54) is 0 Å². The normalized spacial score (nSPS) is 12.5. The summed E-state index contributed by atoms with van der Waals surface area (Å²) < 4.78 is 5.32. The molecule has 0 radical (unpaired) electrons. The Morgan fingerprint density at radius 3 is 2.76 bits per heavy atom. The molecular formula is C13H20ClNO2. The van der Waals surface area contributed by atoms with Crippen LogP contribution in [0, 0.1) is 6.92 Å². The molecule has 1 aromatic rings. The highest BCUT2D eigenvalue weighted by molar-refractivity contribution is 6.31. The van der Waals surface area contributed by atoms with Crippen LogP contribution in [0.5, 0.6) is 5.75 Å². The summed E-state index contributed by atoms with van der Waals surface area (Å²) in [4.78, 5) is 0. The van der Waals surface area contributed by atoms with E-state index in [1.807, 2.05) is 19.1 Å². The third-order valence-corrected chi connectivity index (χ3v) is 2.98. The van der Waals surface area contributed by atoms with E-state index in [1.54, 1.807) is 14.0 Å². The number of benzene rings is 1. The molecule has 96 valence electrons. The van der Waals surface area contributed by atoms with Gasteiger partial charge in [0.2, 0.25) is 0 Å². The van der Waals surface area contributed by atoms with Crippen LogP contribution in [0.4, 0.5) is 0 Å². The number of halogens is 1. The lowest BCUT2D eigenvalue weighted by Crippen LogP contribution is -2.26. The van der Waals surface area contributed by atoms with Crippen LogP contribution in [0.15, 0.2) is 12.1 Å². The first-order valence-corrected chi connectivity index (χ1v) is 6.14. The number of hydrogen-bond donors (Lipinski definition) is 2. The number of aliphatic hydroxyl groups excluding tert-OH is 1. The zero-order valence-corrected chi connectivity index (χ0v) is 11.3. The van der Waals surface area contributed by atoms with Crippen molar-refractivity contribution in [3.63, 3.8) is 0 Å². The van der Waals surface area contributed by atoms with Crippen molar-refractivity contribution in [3.05, 3.63) is 28.3 Å². The van der Waals surface area contributed by atoms with E-state index in [9.17, 15) is 0 Å². The molecule has 0 saturated carbocycles. The van der Waals surface area contributed by atoms with Crippen LogP contribution < -0.4 is 10.1 Å². The summed E-state index contributed by atoms with van der Waals surface area (Å²) in [5.74, 6) is 0.866. The van der Waals surface area contributed by atoms with Crippen molar-refractivity contribution in [1.29, 1.82) is 0 Å². The van der Waals surface area contributed by atoms with Crippen molar-refractivity contribution in [2.75, 3.05) is 20.2 Å². The summed E-state index contributed by atoms with van der Waals surface area (Å²) in [5, 5.41) is 13.1. The van der Waals surface area contributed by atoms with Crippen LogP contribution in [-0.2, 0) is 6.42 Å². The fourth-order valence-electron chi connectivity index (χ4n) is 1.62. The lowest BCUT2D eigenvalue weighted by molar-refractivity contribution is 0.191. The molecule has 0 aliphatic rings. The first kappa shape index (κ1) is 14.3. The minimum atomic E-state index is -0.321. The number of rotatable bonds is 6. The van der Waals surface area contributed by atoms with Crippen LogP contribution in [0.2, 0.25) is 5.02 Å². The molecule has 4 heteroatoms. The van der Waals surface area contributed by atoms with E-state index in [2.05, 4.69) is 5.32 Å².